The summed E-state index contributed by atoms with van der Waals surface area (Å²) in [5.41, 5.74) is 2.52. The number of carbonyl (C=O) groups excluding carboxylic acids is 1. The highest BCUT2D eigenvalue weighted by Gasteiger charge is 2.14. The van der Waals surface area contributed by atoms with Gasteiger partial charge in [0.2, 0.25) is 11.8 Å². The molecule has 25 heavy (non-hydrogen) atoms. The summed E-state index contributed by atoms with van der Waals surface area (Å²) in [6, 6.07) is 7.47. The molecular weight excluding hydrogens is 320 g/mol. The van der Waals surface area contributed by atoms with Crippen molar-refractivity contribution >= 4 is 11.6 Å². The van der Waals surface area contributed by atoms with Gasteiger partial charge in [-0.2, -0.15) is 0 Å². The first kappa shape index (κ1) is 17.6. The van der Waals surface area contributed by atoms with Crippen molar-refractivity contribution in [1.82, 2.24) is 4.98 Å². The van der Waals surface area contributed by atoms with Gasteiger partial charge in [-0.25, -0.2) is 4.98 Å². The van der Waals surface area contributed by atoms with E-state index in [1.165, 1.54) is 0 Å². The Hall–Kier alpha value is -2.18. The van der Waals surface area contributed by atoms with Crippen LogP contribution in [0, 0.1) is 13.8 Å². The molecule has 1 amide bonds. The zero-order valence-electron chi connectivity index (χ0n) is 14.7. The van der Waals surface area contributed by atoms with E-state index < -0.39 is 0 Å². The summed E-state index contributed by atoms with van der Waals surface area (Å²) >= 11 is 0. The van der Waals surface area contributed by atoms with Crippen LogP contribution in [0.5, 0.6) is 0 Å². The van der Waals surface area contributed by atoms with E-state index in [0.717, 1.165) is 48.8 Å². The van der Waals surface area contributed by atoms with E-state index in [-0.39, 0.29) is 12.0 Å². The number of carbonyl (C=O) groups is 1. The van der Waals surface area contributed by atoms with Crippen molar-refractivity contribution in [2.24, 2.45) is 0 Å². The van der Waals surface area contributed by atoms with Crippen LogP contribution in [0.1, 0.15) is 30.7 Å². The van der Waals surface area contributed by atoms with E-state index in [0.29, 0.717) is 18.9 Å². The molecule has 0 spiro atoms. The second-order valence-electron chi connectivity index (χ2n) is 6.22. The highest BCUT2D eigenvalue weighted by Crippen LogP contribution is 2.23. The molecule has 1 aliphatic heterocycles. The molecule has 0 saturated carbocycles. The van der Waals surface area contributed by atoms with Gasteiger partial charge >= 0.3 is 0 Å². The Kier molecular flexibility index (Phi) is 5.83. The lowest BCUT2D eigenvalue weighted by molar-refractivity contribution is -0.118. The predicted molar refractivity (Wildman–Crippen MR) is 94.5 cm³/mol. The van der Waals surface area contributed by atoms with E-state index in [4.69, 9.17) is 13.9 Å². The summed E-state index contributed by atoms with van der Waals surface area (Å²) in [6.07, 6.45) is 2.37. The Morgan fingerprint density at radius 1 is 1.24 bits per heavy atom. The van der Waals surface area contributed by atoms with Crippen LogP contribution in [0.2, 0.25) is 0 Å². The number of amides is 1. The maximum Gasteiger partial charge on any atom is 0.226 e. The molecule has 1 N–H and O–H groups in total. The van der Waals surface area contributed by atoms with E-state index in [1.807, 2.05) is 38.1 Å². The van der Waals surface area contributed by atoms with Crippen molar-refractivity contribution in [1.29, 1.82) is 0 Å². The minimum absolute atomic E-state index is 0.0531. The molecule has 0 radical (unpaired) electrons. The highest BCUT2D eigenvalue weighted by atomic mass is 16.5. The first-order chi connectivity index (χ1) is 12.1. The fraction of sp³-hybridized carbons (Fsp3) is 0.474. The Morgan fingerprint density at radius 3 is 2.60 bits per heavy atom. The molecule has 1 saturated heterocycles. The van der Waals surface area contributed by atoms with E-state index in [1.54, 1.807) is 0 Å². The molecule has 1 fully saturated rings. The summed E-state index contributed by atoms with van der Waals surface area (Å²) in [5, 5.41) is 2.88. The van der Waals surface area contributed by atoms with Gasteiger partial charge in [0, 0.05) is 24.5 Å². The van der Waals surface area contributed by atoms with Crippen LogP contribution in [0.15, 0.2) is 28.7 Å². The standard InChI is InChI=1S/C19H24N2O4/c1-13-14(2)25-19(20-13)15-3-5-16(6-4-15)21-18(22)9-12-24-17-7-10-23-11-8-17/h3-6,17H,7-12H2,1-2H3,(H,21,22). The largest absolute Gasteiger partial charge is 0.441 e. The Morgan fingerprint density at radius 2 is 1.96 bits per heavy atom. The maximum absolute atomic E-state index is 12.0. The highest BCUT2D eigenvalue weighted by molar-refractivity contribution is 5.90. The maximum atomic E-state index is 12.0. The third-order valence-corrected chi connectivity index (χ3v) is 4.30. The molecule has 134 valence electrons. The summed E-state index contributed by atoms with van der Waals surface area (Å²) < 4.78 is 16.6. The van der Waals surface area contributed by atoms with Gasteiger partial charge in [0.15, 0.2) is 0 Å². The van der Waals surface area contributed by atoms with Gasteiger partial charge in [-0.1, -0.05) is 0 Å². The smallest absolute Gasteiger partial charge is 0.226 e. The van der Waals surface area contributed by atoms with Gasteiger partial charge in [-0.05, 0) is 51.0 Å². The zero-order valence-corrected chi connectivity index (χ0v) is 14.7. The number of nitrogens with zero attached hydrogens (tertiary/aromatic N) is 1. The molecule has 0 unspecified atom stereocenters. The van der Waals surface area contributed by atoms with Crippen LogP contribution >= 0.6 is 0 Å². The second kappa shape index (κ2) is 8.27. The quantitative estimate of drug-likeness (QED) is 0.868. The molecular formula is C19H24N2O4. The van der Waals surface area contributed by atoms with Crippen LogP contribution in [-0.4, -0.2) is 36.8 Å². The predicted octanol–water partition coefficient (Wildman–Crippen LogP) is 3.48. The van der Waals surface area contributed by atoms with Gasteiger partial charge in [0.05, 0.1) is 24.8 Å². The van der Waals surface area contributed by atoms with Gasteiger partial charge < -0.3 is 19.2 Å². The number of ether oxygens (including phenoxy) is 2. The first-order valence-corrected chi connectivity index (χ1v) is 8.65. The fourth-order valence-corrected chi connectivity index (χ4v) is 2.68. The normalized spacial score (nSPS) is 15.3. The van der Waals surface area contributed by atoms with Crippen molar-refractivity contribution in [3.05, 3.63) is 35.7 Å². The molecule has 6 heteroatoms. The number of benzene rings is 1. The monoisotopic (exact) mass is 344 g/mol. The van der Waals surface area contributed by atoms with Crippen LogP contribution < -0.4 is 5.32 Å². The number of hydrogen-bond acceptors (Lipinski definition) is 5. The molecule has 6 nitrogen and oxygen atoms in total. The van der Waals surface area contributed by atoms with E-state index in [2.05, 4.69) is 10.3 Å². The van der Waals surface area contributed by atoms with Crippen LogP contribution in [0.25, 0.3) is 11.5 Å². The second-order valence-corrected chi connectivity index (χ2v) is 6.22. The molecule has 0 aliphatic carbocycles. The lowest BCUT2D eigenvalue weighted by Gasteiger charge is -2.22. The minimum atomic E-state index is -0.0531. The molecule has 0 bridgehead atoms. The lowest BCUT2D eigenvalue weighted by Crippen LogP contribution is -2.25. The summed E-state index contributed by atoms with van der Waals surface area (Å²) in [7, 11) is 0. The molecule has 1 aromatic heterocycles. The zero-order chi connectivity index (χ0) is 17.6. The van der Waals surface area contributed by atoms with E-state index >= 15 is 0 Å². The van der Waals surface area contributed by atoms with Crippen LogP contribution in [0.3, 0.4) is 0 Å². The Labute approximate surface area is 147 Å². The Balaban J connectivity index is 1.46. The van der Waals surface area contributed by atoms with E-state index in [9.17, 15) is 4.79 Å². The first-order valence-electron chi connectivity index (χ1n) is 8.65. The third-order valence-electron chi connectivity index (χ3n) is 4.30. The van der Waals surface area contributed by atoms with Gasteiger partial charge in [-0.15, -0.1) is 0 Å². The summed E-state index contributed by atoms with van der Waals surface area (Å²) in [6.45, 7) is 5.73. The number of nitrogens with one attached hydrogen (secondary N) is 1. The van der Waals surface area contributed by atoms with Gasteiger partial charge in [-0.3, -0.25) is 4.79 Å². The molecule has 1 aromatic carbocycles. The SMILES string of the molecule is Cc1nc(-c2ccc(NC(=O)CCOC3CCOCC3)cc2)oc1C. The number of oxazole rings is 1. The molecule has 2 aromatic rings. The van der Waals surface area contributed by atoms with Crippen LogP contribution in [-0.2, 0) is 14.3 Å². The number of rotatable bonds is 6. The van der Waals surface area contributed by atoms with Gasteiger partial charge in [0.1, 0.15) is 5.76 Å². The van der Waals surface area contributed by atoms with Crippen molar-refractivity contribution in [2.45, 2.75) is 39.2 Å². The topological polar surface area (TPSA) is 73.6 Å². The summed E-state index contributed by atoms with van der Waals surface area (Å²) in [4.78, 5) is 16.4. The van der Waals surface area contributed by atoms with Crippen LogP contribution in [0.4, 0.5) is 5.69 Å². The average molecular weight is 344 g/mol. The summed E-state index contributed by atoms with van der Waals surface area (Å²) in [5.74, 6) is 1.36. The average Bonchev–Trinajstić information content (AvgIpc) is 2.95. The molecule has 1 aliphatic rings. The number of anilines is 1. The van der Waals surface area contributed by atoms with Crippen molar-refractivity contribution < 1.29 is 18.7 Å². The molecule has 2 heterocycles. The molecule has 3 rings (SSSR count). The number of aromatic nitrogens is 1. The lowest BCUT2D eigenvalue weighted by atomic mass is 10.1. The van der Waals surface area contributed by atoms with Crippen molar-refractivity contribution in [3.8, 4) is 11.5 Å². The van der Waals surface area contributed by atoms with Crippen molar-refractivity contribution in [3.63, 3.8) is 0 Å². The van der Waals surface area contributed by atoms with Crippen molar-refractivity contribution in [2.75, 3.05) is 25.1 Å². The Bertz CT molecular complexity index is 683. The fourth-order valence-electron chi connectivity index (χ4n) is 2.68. The number of hydrogen-bond donors (Lipinski definition) is 1. The third kappa shape index (κ3) is 4.90. The minimum Gasteiger partial charge on any atom is -0.441 e. The molecule has 0 atom stereocenters. The van der Waals surface area contributed by atoms with Gasteiger partial charge in [0.25, 0.3) is 0 Å². The number of aryl methyl sites for hydroxylation is 2.